The number of nitrogens with zero attached hydrogens (tertiary/aromatic N) is 2. The van der Waals surface area contributed by atoms with Crippen LogP contribution in [0.2, 0.25) is 0 Å². The second kappa shape index (κ2) is 7.13. The van der Waals surface area contributed by atoms with Crippen molar-refractivity contribution >= 4 is 31.9 Å². The highest BCUT2D eigenvalue weighted by molar-refractivity contribution is 9.11. The number of hydrogen-bond donors (Lipinski definition) is 1. The van der Waals surface area contributed by atoms with Crippen molar-refractivity contribution in [2.45, 2.75) is 24.9 Å². The quantitative estimate of drug-likeness (QED) is 0.855. The number of halogens is 2. The second-order valence-corrected chi connectivity index (χ2v) is 6.57. The smallest absolute Gasteiger partial charge is 0.0733 e. The minimum atomic E-state index is 0.121. The number of rotatable bonds is 4. The monoisotopic (exact) mass is 391 g/mol. The maximum absolute atomic E-state index is 6.33. The number of aromatic nitrogens is 1. The summed E-state index contributed by atoms with van der Waals surface area (Å²) >= 11 is 7.03. The Labute approximate surface area is 131 Å². The second-order valence-electron chi connectivity index (χ2n) is 4.80. The van der Waals surface area contributed by atoms with E-state index in [1.165, 1.54) is 0 Å². The third-order valence-corrected chi connectivity index (χ3v) is 4.55. The van der Waals surface area contributed by atoms with Gasteiger partial charge in [-0.05, 0) is 57.3 Å². The third-order valence-electron chi connectivity index (χ3n) is 3.48. The first-order valence-electron chi connectivity index (χ1n) is 6.43. The number of pyridine rings is 1. The predicted molar refractivity (Wildman–Crippen MR) is 83.0 cm³/mol. The Hall–Kier alpha value is -0.0100. The lowest BCUT2D eigenvalue weighted by Gasteiger charge is -2.39. The van der Waals surface area contributed by atoms with E-state index in [-0.39, 0.29) is 12.1 Å². The molecule has 0 aromatic carbocycles. The Balaban J connectivity index is 2.25. The van der Waals surface area contributed by atoms with Crippen molar-refractivity contribution in [2.75, 3.05) is 26.8 Å². The lowest BCUT2D eigenvalue weighted by atomic mass is 9.94. The van der Waals surface area contributed by atoms with Crippen molar-refractivity contribution in [3.63, 3.8) is 0 Å². The summed E-state index contributed by atoms with van der Waals surface area (Å²) in [6.45, 7) is 2.66. The molecule has 2 atom stereocenters. The summed E-state index contributed by atoms with van der Waals surface area (Å²) in [5.74, 6) is 0. The van der Waals surface area contributed by atoms with Crippen LogP contribution in [0.25, 0.3) is 0 Å². The molecule has 6 heteroatoms. The molecule has 0 amide bonds. The van der Waals surface area contributed by atoms with Crippen LogP contribution in [0.4, 0.5) is 0 Å². The third kappa shape index (κ3) is 3.76. The van der Waals surface area contributed by atoms with Crippen molar-refractivity contribution in [1.82, 2.24) is 9.88 Å². The first-order valence-corrected chi connectivity index (χ1v) is 8.01. The van der Waals surface area contributed by atoms with Crippen molar-refractivity contribution < 1.29 is 4.74 Å². The van der Waals surface area contributed by atoms with E-state index in [1.807, 2.05) is 12.3 Å². The Kier molecular flexibility index (Phi) is 5.77. The van der Waals surface area contributed by atoms with E-state index >= 15 is 0 Å². The predicted octanol–water partition coefficient (Wildman–Crippen LogP) is 2.72. The van der Waals surface area contributed by atoms with Gasteiger partial charge in [0.2, 0.25) is 0 Å². The number of likely N-dealkylation sites (tertiary alicyclic amines) is 1. The zero-order chi connectivity index (χ0) is 13.8. The topological polar surface area (TPSA) is 51.4 Å². The van der Waals surface area contributed by atoms with E-state index in [0.29, 0.717) is 0 Å². The van der Waals surface area contributed by atoms with Crippen molar-refractivity contribution in [3.05, 3.63) is 26.9 Å². The molecule has 1 aliphatic heterocycles. The van der Waals surface area contributed by atoms with Gasteiger partial charge in [-0.1, -0.05) is 0 Å². The lowest BCUT2D eigenvalue weighted by molar-refractivity contribution is 0.0825. The highest BCUT2D eigenvalue weighted by Crippen LogP contribution is 2.33. The van der Waals surface area contributed by atoms with Crippen molar-refractivity contribution in [2.24, 2.45) is 5.73 Å². The van der Waals surface area contributed by atoms with Gasteiger partial charge in [0.25, 0.3) is 0 Å². The molecule has 0 saturated carbocycles. The molecule has 2 heterocycles. The standard InChI is InChI=1S/C13H19Br2N3O/c1-19-6-5-18-4-2-3-11(16)13(18)12-10(15)7-9(14)8-17-12/h7-8,11,13H,2-6,16H2,1H3. The molecule has 106 valence electrons. The normalized spacial score (nSPS) is 24.6. The van der Waals surface area contributed by atoms with Gasteiger partial charge in [0.15, 0.2) is 0 Å². The van der Waals surface area contributed by atoms with Crippen LogP contribution in [-0.4, -0.2) is 42.7 Å². The summed E-state index contributed by atoms with van der Waals surface area (Å²) in [4.78, 5) is 6.93. The van der Waals surface area contributed by atoms with E-state index < -0.39 is 0 Å². The summed E-state index contributed by atoms with van der Waals surface area (Å²) in [5.41, 5.74) is 7.34. The molecule has 1 aliphatic rings. The minimum Gasteiger partial charge on any atom is -0.383 e. The molecule has 0 radical (unpaired) electrons. The number of hydrogen-bond acceptors (Lipinski definition) is 4. The van der Waals surface area contributed by atoms with Crippen LogP contribution in [0.3, 0.4) is 0 Å². The molecule has 1 aromatic rings. The summed E-state index contributed by atoms with van der Waals surface area (Å²) in [5, 5.41) is 0. The molecule has 4 nitrogen and oxygen atoms in total. The van der Waals surface area contributed by atoms with Gasteiger partial charge < -0.3 is 10.5 Å². The van der Waals surface area contributed by atoms with Gasteiger partial charge in [0, 0.05) is 34.8 Å². The van der Waals surface area contributed by atoms with Crippen LogP contribution in [-0.2, 0) is 4.74 Å². The van der Waals surface area contributed by atoms with E-state index in [4.69, 9.17) is 10.5 Å². The Morgan fingerprint density at radius 1 is 1.53 bits per heavy atom. The molecule has 1 fully saturated rings. The van der Waals surface area contributed by atoms with Gasteiger partial charge in [-0.3, -0.25) is 9.88 Å². The Bertz CT molecular complexity index is 430. The summed E-state index contributed by atoms with van der Waals surface area (Å²) in [7, 11) is 1.73. The van der Waals surface area contributed by atoms with Crippen LogP contribution in [0, 0.1) is 0 Å². The van der Waals surface area contributed by atoms with Gasteiger partial charge in [0.05, 0.1) is 18.3 Å². The molecular weight excluding hydrogens is 374 g/mol. The van der Waals surface area contributed by atoms with Gasteiger partial charge in [0.1, 0.15) is 0 Å². The molecule has 1 saturated heterocycles. The van der Waals surface area contributed by atoms with E-state index in [1.54, 1.807) is 7.11 Å². The van der Waals surface area contributed by atoms with Gasteiger partial charge >= 0.3 is 0 Å². The van der Waals surface area contributed by atoms with Gasteiger partial charge in [-0.2, -0.15) is 0 Å². The highest BCUT2D eigenvalue weighted by Gasteiger charge is 2.32. The number of methoxy groups -OCH3 is 1. The van der Waals surface area contributed by atoms with E-state index in [9.17, 15) is 0 Å². The molecular formula is C13H19Br2N3O. The molecule has 19 heavy (non-hydrogen) atoms. The van der Waals surface area contributed by atoms with Crippen molar-refractivity contribution in [1.29, 1.82) is 0 Å². The lowest BCUT2D eigenvalue weighted by Crippen LogP contribution is -2.47. The van der Waals surface area contributed by atoms with Crippen molar-refractivity contribution in [3.8, 4) is 0 Å². The largest absolute Gasteiger partial charge is 0.383 e. The summed E-state index contributed by atoms with van der Waals surface area (Å²) < 4.78 is 7.17. The fourth-order valence-electron chi connectivity index (χ4n) is 2.58. The average Bonchev–Trinajstić information content (AvgIpc) is 2.37. The SMILES string of the molecule is COCCN1CCCC(N)C1c1ncc(Br)cc1Br. The highest BCUT2D eigenvalue weighted by atomic mass is 79.9. The molecule has 1 aromatic heterocycles. The zero-order valence-electron chi connectivity index (χ0n) is 11.0. The fourth-order valence-corrected chi connectivity index (χ4v) is 3.80. The van der Waals surface area contributed by atoms with Crippen LogP contribution < -0.4 is 5.73 Å². The molecule has 2 N–H and O–H groups in total. The van der Waals surface area contributed by atoms with E-state index in [2.05, 4.69) is 41.7 Å². The first-order chi connectivity index (χ1) is 9.13. The molecule has 0 spiro atoms. The minimum absolute atomic E-state index is 0.121. The van der Waals surface area contributed by atoms with Gasteiger partial charge in [-0.15, -0.1) is 0 Å². The molecule has 2 rings (SSSR count). The number of piperidine rings is 1. The van der Waals surface area contributed by atoms with Crippen LogP contribution in [0.5, 0.6) is 0 Å². The number of nitrogens with two attached hydrogens (primary N) is 1. The molecule has 2 unspecified atom stereocenters. The van der Waals surface area contributed by atoms with Crippen LogP contribution in [0.15, 0.2) is 21.2 Å². The van der Waals surface area contributed by atoms with E-state index in [0.717, 1.165) is 47.2 Å². The summed E-state index contributed by atoms with van der Waals surface area (Å²) in [6, 6.07) is 2.31. The zero-order valence-corrected chi connectivity index (χ0v) is 14.2. The Morgan fingerprint density at radius 2 is 2.32 bits per heavy atom. The Morgan fingerprint density at radius 3 is 3.00 bits per heavy atom. The van der Waals surface area contributed by atoms with Crippen LogP contribution in [0.1, 0.15) is 24.6 Å². The summed E-state index contributed by atoms with van der Waals surface area (Å²) in [6.07, 6.45) is 4.00. The maximum Gasteiger partial charge on any atom is 0.0733 e. The maximum atomic E-state index is 6.33. The average molecular weight is 393 g/mol. The molecule has 0 bridgehead atoms. The first kappa shape index (κ1) is 15.4. The number of ether oxygens (including phenoxy) is 1. The molecule has 0 aliphatic carbocycles. The fraction of sp³-hybridized carbons (Fsp3) is 0.615. The van der Waals surface area contributed by atoms with Crippen LogP contribution >= 0.6 is 31.9 Å². The van der Waals surface area contributed by atoms with Gasteiger partial charge in [-0.25, -0.2) is 0 Å².